The van der Waals surface area contributed by atoms with E-state index in [1.54, 1.807) is 18.2 Å². The van der Waals surface area contributed by atoms with Gasteiger partial charge in [-0.1, -0.05) is 0 Å². The van der Waals surface area contributed by atoms with E-state index in [2.05, 4.69) is 9.88 Å². The highest BCUT2D eigenvalue weighted by Gasteiger charge is 2.30. The van der Waals surface area contributed by atoms with Gasteiger partial charge in [-0.25, -0.2) is 18.4 Å². The van der Waals surface area contributed by atoms with Crippen molar-refractivity contribution in [2.45, 2.75) is 9.92 Å². The fourth-order valence-corrected chi connectivity index (χ4v) is 5.53. The fourth-order valence-electron chi connectivity index (χ4n) is 3.54. The van der Waals surface area contributed by atoms with Gasteiger partial charge in [0.25, 0.3) is 0 Å². The maximum Gasteiger partial charge on any atom is 0.246 e. The molecule has 2 aromatic rings. The number of thioether (sulfide) groups is 1. The minimum absolute atomic E-state index is 0.112. The van der Waals surface area contributed by atoms with Gasteiger partial charge >= 0.3 is 0 Å². The topological polar surface area (TPSA) is 94.1 Å². The minimum Gasteiger partial charge on any atom is -0.495 e. The number of rotatable bonds is 6. The van der Waals surface area contributed by atoms with Crippen molar-refractivity contribution in [3.05, 3.63) is 24.3 Å². The molecule has 0 bridgehead atoms. The first-order valence-electron chi connectivity index (χ1n) is 10.0. The van der Waals surface area contributed by atoms with Crippen molar-refractivity contribution in [3.8, 4) is 17.1 Å². The Morgan fingerprint density at radius 2 is 1.68 bits per heavy atom. The Labute approximate surface area is 186 Å². The summed E-state index contributed by atoms with van der Waals surface area (Å²) in [6.07, 6.45) is 1.96. The molecule has 1 aromatic heterocycles. The summed E-state index contributed by atoms with van der Waals surface area (Å²) in [6.45, 7) is 4.20. The molecule has 0 saturated carbocycles. The lowest BCUT2D eigenvalue weighted by Crippen LogP contribution is -2.40. The highest BCUT2D eigenvalue weighted by atomic mass is 32.2. The second-order valence-electron chi connectivity index (χ2n) is 7.07. The maximum absolute atomic E-state index is 13.3. The van der Waals surface area contributed by atoms with Crippen molar-refractivity contribution in [1.29, 1.82) is 0 Å². The standard InChI is InChI=1S/C20H26N4O5S2/c1-27-16-4-3-15(13-17(16)31(25,26)24-7-11-29-12-8-24)20-21-18(14-19(22-20)30-2)23-5-9-28-10-6-23/h3-4,13-14H,5-12H2,1-2H3. The first-order chi connectivity index (χ1) is 15.0. The molecule has 2 aliphatic heterocycles. The van der Waals surface area contributed by atoms with Crippen LogP contribution in [0.4, 0.5) is 5.82 Å². The zero-order chi connectivity index (χ0) is 21.8. The van der Waals surface area contributed by atoms with Crippen molar-refractivity contribution in [3.63, 3.8) is 0 Å². The highest BCUT2D eigenvalue weighted by molar-refractivity contribution is 7.98. The third kappa shape index (κ3) is 4.80. The van der Waals surface area contributed by atoms with Gasteiger partial charge in [0.05, 0.1) is 33.5 Å². The average molecular weight is 467 g/mol. The summed E-state index contributed by atoms with van der Waals surface area (Å²) < 4.78 is 44.2. The molecular weight excluding hydrogens is 440 g/mol. The Balaban J connectivity index is 1.75. The van der Waals surface area contributed by atoms with E-state index in [0.29, 0.717) is 56.7 Å². The van der Waals surface area contributed by atoms with E-state index in [4.69, 9.17) is 19.2 Å². The van der Waals surface area contributed by atoms with Crippen LogP contribution in [0.5, 0.6) is 5.75 Å². The lowest BCUT2D eigenvalue weighted by atomic mass is 10.2. The molecule has 31 heavy (non-hydrogen) atoms. The van der Waals surface area contributed by atoms with Crippen LogP contribution in [0.1, 0.15) is 0 Å². The van der Waals surface area contributed by atoms with Crippen LogP contribution in [0, 0.1) is 0 Å². The molecule has 2 fully saturated rings. The largest absolute Gasteiger partial charge is 0.495 e. The third-order valence-electron chi connectivity index (χ3n) is 5.24. The molecule has 2 aliphatic rings. The van der Waals surface area contributed by atoms with E-state index < -0.39 is 10.0 Å². The average Bonchev–Trinajstić information content (AvgIpc) is 2.84. The normalized spacial score (nSPS) is 18.2. The van der Waals surface area contributed by atoms with Gasteiger partial charge in [0, 0.05) is 37.8 Å². The van der Waals surface area contributed by atoms with E-state index in [0.717, 1.165) is 23.9 Å². The zero-order valence-corrected chi connectivity index (χ0v) is 19.2. The Kier molecular flexibility index (Phi) is 6.97. The molecule has 1 aromatic carbocycles. The van der Waals surface area contributed by atoms with Crippen LogP contribution in [-0.4, -0.2) is 88.7 Å². The molecular formula is C20H26N4O5S2. The molecule has 2 saturated heterocycles. The molecule has 168 valence electrons. The summed E-state index contributed by atoms with van der Waals surface area (Å²) in [5.41, 5.74) is 0.623. The molecule has 0 radical (unpaired) electrons. The molecule has 0 aliphatic carbocycles. The van der Waals surface area contributed by atoms with Gasteiger partial charge < -0.3 is 19.1 Å². The van der Waals surface area contributed by atoms with Gasteiger partial charge in [0.15, 0.2) is 5.82 Å². The van der Waals surface area contributed by atoms with Crippen molar-refractivity contribution < 1.29 is 22.6 Å². The predicted molar refractivity (Wildman–Crippen MR) is 118 cm³/mol. The minimum atomic E-state index is -3.74. The molecule has 9 nitrogen and oxygen atoms in total. The molecule has 4 rings (SSSR count). The quantitative estimate of drug-likeness (QED) is 0.466. The van der Waals surface area contributed by atoms with Crippen molar-refractivity contribution in [1.82, 2.24) is 14.3 Å². The van der Waals surface area contributed by atoms with Crippen LogP contribution in [0.2, 0.25) is 0 Å². The highest BCUT2D eigenvalue weighted by Crippen LogP contribution is 2.32. The summed E-state index contributed by atoms with van der Waals surface area (Å²) in [7, 11) is -2.27. The van der Waals surface area contributed by atoms with Crippen molar-refractivity contribution >= 4 is 27.6 Å². The molecule has 0 N–H and O–H groups in total. The third-order valence-corrected chi connectivity index (χ3v) is 7.79. The number of aromatic nitrogens is 2. The SMILES string of the molecule is COc1ccc(-c2nc(SC)cc(N3CCOCC3)n2)cc1S(=O)(=O)N1CCOCC1. The summed E-state index contributed by atoms with van der Waals surface area (Å²) in [6, 6.07) is 7.01. The lowest BCUT2D eigenvalue weighted by molar-refractivity contribution is 0.0729. The van der Waals surface area contributed by atoms with Gasteiger partial charge in [-0.2, -0.15) is 4.31 Å². The van der Waals surface area contributed by atoms with Gasteiger partial charge in [-0.05, 0) is 24.5 Å². The van der Waals surface area contributed by atoms with E-state index in [1.165, 1.54) is 23.2 Å². The smallest absolute Gasteiger partial charge is 0.246 e. The van der Waals surface area contributed by atoms with Crippen molar-refractivity contribution in [2.24, 2.45) is 0 Å². The second-order valence-corrected chi connectivity index (χ2v) is 9.81. The molecule has 0 unspecified atom stereocenters. The molecule has 0 atom stereocenters. The van der Waals surface area contributed by atoms with E-state index in [1.807, 2.05) is 12.3 Å². The van der Waals surface area contributed by atoms with Gasteiger partial charge in [-0.3, -0.25) is 0 Å². The number of sulfonamides is 1. The molecule has 0 spiro atoms. The van der Waals surface area contributed by atoms with Crippen LogP contribution < -0.4 is 9.64 Å². The van der Waals surface area contributed by atoms with Crippen molar-refractivity contribution in [2.75, 3.05) is 70.9 Å². The first-order valence-corrected chi connectivity index (χ1v) is 12.7. The Morgan fingerprint density at radius 3 is 2.32 bits per heavy atom. The maximum atomic E-state index is 13.3. The number of anilines is 1. The van der Waals surface area contributed by atoms with Gasteiger partial charge in [0.1, 0.15) is 21.5 Å². The Morgan fingerprint density at radius 1 is 1.00 bits per heavy atom. The van der Waals surface area contributed by atoms with Crippen LogP contribution in [0.3, 0.4) is 0 Å². The number of benzene rings is 1. The number of nitrogens with zero attached hydrogens (tertiary/aromatic N) is 4. The fraction of sp³-hybridized carbons (Fsp3) is 0.500. The van der Waals surface area contributed by atoms with Crippen LogP contribution in [-0.2, 0) is 19.5 Å². The van der Waals surface area contributed by atoms with Gasteiger partial charge in [-0.15, -0.1) is 11.8 Å². The second kappa shape index (κ2) is 9.70. The summed E-state index contributed by atoms with van der Waals surface area (Å²) in [4.78, 5) is 11.6. The van der Waals surface area contributed by atoms with E-state index in [-0.39, 0.29) is 4.90 Å². The number of hydrogen-bond donors (Lipinski definition) is 0. The molecule has 0 amide bonds. The predicted octanol–water partition coefficient (Wildman–Crippen LogP) is 1.73. The number of hydrogen-bond acceptors (Lipinski definition) is 9. The number of ether oxygens (including phenoxy) is 3. The van der Waals surface area contributed by atoms with Crippen LogP contribution >= 0.6 is 11.8 Å². The van der Waals surface area contributed by atoms with Crippen LogP contribution in [0.15, 0.2) is 34.2 Å². The summed E-state index contributed by atoms with van der Waals surface area (Å²) >= 11 is 1.52. The summed E-state index contributed by atoms with van der Waals surface area (Å²) in [5.74, 6) is 1.59. The lowest BCUT2D eigenvalue weighted by Gasteiger charge is -2.28. The number of methoxy groups -OCH3 is 1. The zero-order valence-electron chi connectivity index (χ0n) is 17.6. The molecule has 11 heteroatoms. The Hall–Kier alpha value is -1.92. The van der Waals surface area contributed by atoms with Crippen LogP contribution in [0.25, 0.3) is 11.4 Å². The van der Waals surface area contributed by atoms with Gasteiger partial charge in [0.2, 0.25) is 10.0 Å². The monoisotopic (exact) mass is 466 g/mol. The molecule has 3 heterocycles. The number of morpholine rings is 2. The van der Waals surface area contributed by atoms with E-state index in [9.17, 15) is 8.42 Å². The summed E-state index contributed by atoms with van der Waals surface area (Å²) in [5, 5.41) is 0.819. The van der Waals surface area contributed by atoms with E-state index >= 15 is 0 Å². The first kappa shape index (κ1) is 22.3. The Bertz CT molecular complexity index is 1020.